The molecule has 0 radical (unpaired) electrons. The van der Waals surface area contributed by atoms with E-state index in [2.05, 4.69) is 73.5 Å². The Morgan fingerprint density at radius 3 is 2.80 bits per heavy atom. The number of fused-ring (bicyclic) bond motifs is 1. The Hall–Kier alpha value is -2.29. The molecule has 0 aliphatic carbocycles. The number of nitrogens with zero attached hydrogens (tertiary/aromatic N) is 1. The third-order valence-electron chi connectivity index (χ3n) is 5.10. The molecule has 1 aliphatic heterocycles. The predicted molar refractivity (Wildman–Crippen MR) is 104 cm³/mol. The highest BCUT2D eigenvalue weighted by molar-refractivity contribution is 5.78. The Kier molecular flexibility index (Phi) is 5.42. The van der Waals surface area contributed by atoms with E-state index in [0.29, 0.717) is 12.5 Å². The lowest BCUT2D eigenvalue weighted by Crippen LogP contribution is -2.33. The standard InChI is InChI=1S/C22H28N2O/c1-16-9-10-19(17(2)13-16)15-22(25)23-11-6-12-24-18(3)14-20-7-4-5-8-21(20)24/h4-5,7-10,13,18H,6,11-12,14-15H2,1-3H3,(H,23,25). The van der Waals surface area contributed by atoms with Gasteiger partial charge in [-0.25, -0.2) is 0 Å². The van der Waals surface area contributed by atoms with Crippen molar-refractivity contribution in [3.8, 4) is 0 Å². The fourth-order valence-corrected chi connectivity index (χ4v) is 3.73. The number of aryl methyl sites for hydroxylation is 2. The number of amides is 1. The van der Waals surface area contributed by atoms with Gasteiger partial charge in [-0.15, -0.1) is 0 Å². The Morgan fingerprint density at radius 2 is 2.00 bits per heavy atom. The highest BCUT2D eigenvalue weighted by Gasteiger charge is 2.24. The normalized spacial score (nSPS) is 16.0. The number of para-hydroxylation sites is 1. The molecule has 2 aromatic rings. The van der Waals surface area contributed by atoms with Crippen molar-refractivity contribution in [2.24, 2.45) is 0 Å². The summed E-state index contributed by atoms with van der Waals surface area (Å²) >= 11 is 0. The van der Waals surface area contributed by atoms with Crippen LogP contribution < -0.4 is 10.2 Å². The lowest BCUT2D eigenvalue weighted by molar-refractivity contribution is -0.120. The van der Waals surface area contributed by atoms with Crippen LogP contribution in [-0.2, 0) is 17.6 Å². The third kappa shape index (κ3) is 4.22. The van der Waals surface area contributed by atoms with E-state index in [1.165, 1.54) is 22.4 Å². The maximum Gasteiger partial charge on any atom is 0.224 e. The number of carbonyl (C=O) groups excluding carboxylic acids is 1. The van der Waals surface area contributed by atoms with Crippen LogP contribution in [0.1, 0.15) is 35.6 Å². The fourth-order valence-electron chi connectivity index (χ4n) is 3.73. The van der Waals surface area contributed by atoms with Gasteiger partial charge in [0.05, 0.1) is 6.42 Å². The van der Waals surface area contributed by atoms with Crippen LogP contribution in [0.25, 0.3) is 0 Å². The molecule has 0 saturated heterocycles. The van der Waals surface area contributed by atoms with Gasteiger partial charge in [0, 0.05) is 24.8 Å². The van der Waals surface area contributed by atoms with Crippen molar-refractivity contribution in [3.05, 3.63) is 64.7 Å². The third-order valence-corrected chi connectivity index (χ3v) is 5.10. The van der Waals surface area contributed by atoms with E-state index in [0.717, 1.165) is 31.5 Å². The molecule has 1 atom stereocenters. The molecule has 0 aromatic heterocycles. The molecule has 2 aromatic carbocycles. The van der Waals surface area contributed by atoms with Gasteiger partial charge in [-0.05, 0) is 56.4 Å². The van der Waals surface area contributed by atoms with E-state index in [1.54, 1.807) is 0 Å². The number of hydrogen-bond donors (Lipinski definition) is 1. The first-order valence-electron chi connectivity index (χ1n) is 9.22. The molecule has 132 valence electrons. The van der Waals surface area contributed by atoms with Gasteiger partial charge in [-0.2, -0.15) is 0 Å². The summed E-state index contributed by atoms with van der Waals surface area (Å²) in [5.41, 5.74) is 6.34. The summed E-state index contributed by atoms with van der Waals surface area (Å²) in [7, 11) is 0. The maximum atomic E-state index is 12.2. The first-order chi connectivity index (χ1) is 12.0. The summed E-state index contributed by atoms with van der Waals surface area (Å²) in [5.74, 6) is 0.113. The average Bonchev–Trinajstić information content (AvgIpc) is 2.90. The molecule has 1 N–H and O–H groups in total. The number of anilines is 1. The number of carbonyl (C=O) groups is 1. The zero-order chi connectivity index (χ0) is 17.8. The van der Waals surface area contributed by atoms with Crippen LogP contribution in [0.15, 0.2) is 42.5 Å². The molecule has 1 heterocycles. The summed E-state index contributed by atoms with van der Waals surface area (Å²) < 4.78 is 0. The van der Waals surface area contributed by atoms with Gasteiger partial charge in [-0.1, -0.05) is 42.0 Å². The monoisotopic (exact) mass is 336 g/mol. The lowest BCUT2D eigenvalue weighted by atomic mass is 10.0. The summed E-state index contributed by atoms with van der Waals surface area (Å²) in [4.78, 5) is 14.6. The van der Waals surface area contributed by atoms with Crippen LogP contribution in [0.5, 0.6) is 0 Å². The minimum Gasteiger partial charge on any atom is -0.368 e. The Labute approximate surface area is 151 Å². The van der Waals surface area contributed by atoms with Gasteiger partial charge in [-0.3, -0.25) is 4.79 Å². The van der Waals surface area contributed by atoms with Crippen molar-refractivity contribution in [1.82, 2.24) is 5.32 Å². The van der Waals surface area contributed by atoms with Gasteiger partial charge < -0.3 is 10.2 Å². The molecule has 3 nitrogen and oxygen atoms in total. The van der Waals surface area contributed by atoms with E-state index in [9.17, 15) is 4.79 Å². The van der Waals surface area contributed by atoms with E-state index in [-0.39, 0.29) is 5.91 Å². The average molecular weight is 336 g/mol. The largest absolute Gasteiger partial charge is 0.368 e. The smallest absolute Gasteiger partial charge is 0.224 e. The minimum atomic E-state index is 0.113. The maximum absolute atomic E-state index is 12.2. The molecule has 0 bridgehead atoms. The van der Waals surface area contributed by atoms with Crippen molar-refractivity contribution in [3.63, 3.8) is 0 Å². The zero-order valence-electron chi connectivity index (χ0n) is 15.5. The molecule has 0 saturated carbocycles. The highest BCUT2D eigenvalue weighted by atomic mass is 16.1. The van der Waals surface area contributed by atoms with Crippen LogP contribution in [0.4, 0.5) is 5.69 Å². The van der Waals surface area contributed by atoms with Crippen LogP contribution in [0, 0.1) is 13.8 Å². The second kappa shape index (κ2) is 7.73. The molecule has 1 amide bonds. The lowest BCUT2D eigenvalue weighted by Gasteiger charge is -2.25. The molecular formula is C22H28N2O. The summed E-state index contributed by atoms with van der Waals surface area (Å²) in [5, 5.41) is 3.07. The van der Waals surface area contributed by atoms with Crippen molar-refractivity contribution in [2.75, 3.05) is 18.0 Å². The Balaban J connectivity index is 1.45. The van der Waals surface area contributed by atoms with Crippen molar-refractivity contribution in [1.29, 1.82) is 0 Å². The van der Waals surface area contributed by atoms with Crippen LogP contribution in [0.3, 0.4) is 0 Å². The van der Waals surface area contributed by atoms with Gasteiger partial charge in [0.25, 0.3) is 0 Å². The van der Waals surface area contributed by atoms with Gasteiger partial charge in [0.1, 0.15) is 0 Å². The minimum absolute atomic E-state index is 0.113. The summed E-state index contributed by atoms with van der Waals surface area (Å²) in [6.07, 6.45) is 2.56. The van der Waals surface area contributed by atoms with E-state index < -0.39 is 0 Å². The highest BCUT2D eigenvalue weighted by Crippen LogP contribution is 2.31. The molecule has 0 fully saturated rings. The number of hydrogen-bond acceptors (Lipinski definition) is 2. The van der Waals surface area contributed by atoms with Crippen LogP contribution >= 0.6 is 0 Å². The Bertz CT molecular complexity index is 753. The topological polar surface area (TPSA) is 32.3 Å². The molecule has 0 spiro atoms. The van der Waals surface area contributed by atoms with E-state index >= 15 is 0 Å². The van der Waals surface area contributed by atoms with Crippen molar-refractivity contribution < 1.29 is 4.79 Å². The molecule has 25 heavy (non-hydrogen) atoms. The van der Waals surface area contributed by atoms with Crippen molar-refractivity contribution in [2.45, 2.75) is 46.1 Å². The number of nitrogens with one attached hydrogen (secondary N) is 1. The summed E-state index contributed by atoms with van der Waals surface area (Å²) in [6.45, 7) is 8.14. The molecule has 1 unspecified atom stereocenters. The SMILES string of the molecule is Cc1ccc(CC(=O)NCCCN2c3ccccc3CC2C)c(C)c1. The Morgan fingerprint density at radius 1 is 1.20 bits per heavy atom. The first-order valence-corrected chi connectivity index (χ1v) is 9.22. The predicted octanol–water partition coefficient (Wildman–Crippen LogP) is 3.80. The van der Waals surface area contributed by atoms with E-state index in [1.807, 2.05) is 0 Å². The zero-order valence-corrected chi connectivity index (χ0v) is 15.5. The fraction of sp³-hybridized carbons (Fsp3) is 0.409. The molecular weight excluding hydrogens is 308 g/mol. The second-order valence-electron chi connectivity index (χ2n) is 7.19. The van der Waals surface area contributed by atoms with Gasteiger partial charge >= 0.3 is 0 Å². The summed E-state index contributed by atoms with van der Waals surface area (Å²) in [6, 6.07) is 15.5. The molecule has 3 rings (SSSR count). The van der Waals surface area contributed by atoms with Gasteiger partial charge in [0.15, 0.2) is 0 Å². The first kappa shape index (κ1) is 17.5. The number of rotatable bonds is 6. The van der Waals surface area contributed by atoms with E-state index in [4.69, 9.17) is 0 Å². The van der Waals surface area contributed by atoms with Crippen molar-refractivity contribution >= 4 is 11.6 Å². The van der Waals surface area contributed by atoms with Gasteiger partial charge in [0.2, 0.25) is 5.91 Å². The van der Waals surface area contributed by atoms with Crippen LogP contribution in [-0.4, -0.2) is 25.0 Å². The second-order valence-corrected chi connectivity index (χ2v) is 7.19. The molecule has 3 heteroatoms. The van der Waals surface area contributed by atoms with Crippen LogP contribution in [0.2, 0.25) is 0 Å². The number of benzene rings is 2. The quantitative estimate of drug-likeness (QED) is 0.814. The molecule has 1 aliphatic rings.